The Kier molecular flexibility index (Phi) is 6.53. The molecule has 0 atom stereocenters. The largest absolute Gasteiger partial charge is 0.491 e. The lowest BCUT2D eigenvalue weighted by molar-refractivity contribution is 0.289. The molecule has 0 N–H and O–H groups in total. The number of halogens is 1. The first kappa shape index (κ1) is 16.3. The summed E-state index contributed by atoms with van der Waals surface area (Å²) >= 11 is 0. The lowest BCUT2D eigenvalue weighted by Crippen LogP contribution is -2.11. The topological polar surface area (TPSA) is 9.23 Å². The van der Waals surface area contributed by atoms with Crippen molar-refractivity contribution >= 4 is 0 Å². The highest BCUT2D eigenvalue weighted by atomic mass is 19.1. The van der Waals surface area contributed by atoms with E-state index in [2.05, 4.69) is 19.9 Å². The molecule has 0 spiro atoms. The van der Waals surface area contributed by atoms with Gasteiger partial charge in [0.25, 0.3) is 0 Å². The van der Waals surface area contributed by atoms with E-state index >= 15 is 0 Å². The van der Waals surface area contributed by atoms with Crippen LogP contribution in [0.2, 0.25) is 0 Å². The highest BCUT2D eigenvalue weighted by Crippen LogP contribution is 2.36. The van der Waals surface area contributed by atoms with Crippen LogP contribution >= 0.6 is 0 Å². The van der Waals surface area contributed by atoms with Crippen LogP contribution < -0.4 is 4.74 Å². The van der Waals surface area contributed by atoms with Crippen LogP contribution in [0.4, 0.5) is 4.39 Å². The molecule has 0 radical (unpaired) electrons. The van der Waals surface area contributed by atoms with Crippen LogP contribution in [0.3, 0.4) is 0 Å². The second-order valence-corrected chi connectivity index (χ2v) is 6.56. The average molecular weight is 292 g/mol. The van der Waals surface area contributed by atoms with E-state index in [-0.39, 0.29) is 5.82 Å². The minimum absolute atomic E-state index is 0.193. The lowest BCUT2D eigenvalue weighted by Gasteiger charge is -2.26. The summed E-state index contributed by atoms with van der Waals surface area (Å²) in [7, 11) is 0. The standard InChI is InChI=1S/C19H29FO/c1-3-4-5-6-13-21-19-12-11-17(14-18(19)20)16-9-7-15(2)8-10-16/h11-12,14-16H,3-10,13H2,1-2H3/t15-,16-. The summed E-state index contributed by atoms with van der Waals surface area (Å²) in [5.41, 5.74) is 1.15. The predicted molar refractivity (Wildman–Crippen MR) is 86.4 cm³/mol. The molecule has 2 heteroatoms. The third-order valence-electron chi connectivity index (χ3n) is 4.70. The van der Waals surface area contributed by atoms with Crippen molar-refractivity contribution in [3.8, 4) is 5.75 Å². The molecule has 1 aliphatic rings. The number of hydrogen-bond donors (Lipinski definition) is 0. The maximum atomic E-state index is 14.1. The monoisotopic (exact) mass is 292 g/mol. The van der Waals surface area contributed by atoms with Crippen molar-refractivity contribution in [3.05, 3.63) is 29.6 Å². The highest BCUT2D eigenvalue weighted by Gasteiger charge is 2.20. The minimum Gasteiger partial charge on any atom is -0.491 e. The average Bonchev–Trinajstić information content (AvgIpc) is 2.49. The van der Waals surface area contributed by atoms with Crippen molar-refractivity contribution in [2.75, 3.05) is 6.61 Å². The number of hydrogen-bond acceptors (Lipinski definition) is 1. The zero-order valence-electron chi connectivity index (χ0n) is 13.5. The Bertz CT molecular complexity index is 422. The smallest absolute Gasteiger partial charge is 0.165 e. The molecule has 1 nitrogen and oxygen atoms in total. The Labute approximate surface area is 128 Å². The van der Waals surface area contributed by atoms with Crippen LogP contribution in [0, 0.1) is 11.7 Å². The summed E-state index contributed by atoms with van der Waals surface area (Å²) in [4.78, 5) is 0. The van der Waals surface area contributed by atoms with Gasteiger partial charge in [0.05, 0.1) is 6.61 Å². The third-order valence-corrected chi connectivity index (χ3v) is 4.70. The number of benzene rings is 1. The van der Waals surface area contributed by atoms with Gasteiger partial charge < -0.3 is 4.74 Å². The number of rotatable bonds is 7. The van der Waals surface area contributed by atoms with Gasteiger partial charge >= 0.3 is 0 Å². The summed E-state index contributed by atoms with van der Waals surface area (Å²) in [5.74, 6) is 1.59. The van der Waals surface area contributed by atoms with E-state index in [0.29, 0.717) is 18.3 Å². The minimum atomic E-state index is -0.193. The fourth-order valence-electron chi connectivity index (χ4n) is 3.19. The number of unbranched alkanes of at least 4 members (excludes halogenated alkanes) is 3. The normalized spacial score (nSPS) is 22.2. The van der Waals surface area contributed by atoms with Gasteiger partial charge in [0.2, 0.25) is 0 Å². The van der Waals surface area contributed by atoms with Crippen LogP contribution in [0.5, 0.6) is 5.75 Å². The van der Waals surface area contributed by atoms with Gasteiger partial charge in [0.1, 0.15) is 0 Å². The van der Waals surface area contributed by atoms with Crippen molar-refractivity contribution in [2.45, 2.75) is 71.1 Å². The first-order valence-corrected chi connectivity index (χ1v) is 8.63. The summed E-state index contributed by atoms with van der Waals surface area (Å²) < 4.78 is 19.7. The molecule has 1 fully saturated rings. The second kappa shape index (κ2) is 8.41. The van der Waals surface area contributed by atoms with E-state index in [1.54, 1.807) is 6.07 Å². The molecular weight excluding hydrogens is 263 g/mol. The SMILES string of the molecule is CCCCCCOc1ccc([C@H]2CC[C@H](C)CC2)cc1F. The maximum absolute atomic E-state index is 14.1. The molecule has 1 aliphatic carbocycles. The number of ether oxygens (including phenoxy) is 1. The van der Waals surface area contributed by atoms with E-state index < -0.39 is 0 Å². The Morgan fingerprint density at radius 2 is 1.86 bits per heavy atom. The fourth-order valence-corrected chi connectivity index (χ4v) is 3.19. The fraction of sp³-hybridized carbons (Fsp3) is 0.684. The lowest BCUT2D eigenvalue weighted by atomic mass is 9.79. The van der Waals surface area contributed by atoms with Crippen molar-refractivity contribution in [1.82, 2.24) is 0 Å². The van der Waals surface area contributed by atoms with Gasteiger partial charge in [-0.25, -0.2) is 4.39 Å². The molecule has 118 valence electrons. The predicted octanol–water partition coefficient (Wildman–Crippen LogP) is 6.08. The van der Waals surface area contributed by atoms with Gasteiger partial charge in [-0.1, -0.05) is 52.0 Å². The molecular formula is C19H29FO. The molecule has 0 aromatic heterocycles. The summed E-state index contributed by atoms with van der Waals surface area (Å²) in [6.45, 7) is 5.12. The summed E-state index contributed by atoms with van der Waals surface area (Å²) in [6, 6.07) is 5.58. The molecule has 2 rings (SSSR count). The third kappa shape index (κ3) is 5.01. The van der Waals surface area contributed by atoms with Gasteiger partial charge in [-0.2, -0.15) is 0 Å². The van der Waals surface area contributed by atoms with Crippen LogP contribution in [0.25, 0.3) is 0 Å². The molecule has 0 saturated heterocycles. The molecule has 0 unspecified atom stereocenters. The first-order chi connectivity index (χ1) is 10.2. The van der Waals surface area contributed by atoms with E-state index in [9.17, 15) is 4.39 Å². The van der Waals surface area contributed by atoms with Crippen LogP contribution in [-0.2, 0) is 0 Å². The van der Waals surface area contributed by atoms with Crippen LogP contribution in [0.1, 0.15) is 76.7 Å². The molecule has 21 heavy (non-hydrogen) atoms. The van der Waals surface area contributed by atoms with Crippen molar-refractivity contribution in [2.24, 2.45) is 5.92 Å². The van der Waals surface area contributed by atoms with E-state index in [1.165, 1.54) is 38.5 Å². The zero-order valence-corrected chi connectivity index (χ0v) is 13.5. The Morgan fingerprint density at radius 3 is 2.52 bits per heavy atom. The Balaban J connectivity index is 1.85. The van der Waals surface area contributed by atoms with Gasteiger partial charge in [-0.05, 0) is 48.8 Å². The van der Waals surface area contributed by atoms with E-state index in [4.69, 9.17) is 4.74 Å². The van der Waals surface area contributed by atoms with Crippen molar-refractivity contribution in [1.29, 1.82) is 0 Å². The van der Waals surface area contributed by atoms with E-state index in [0.717, 1.165) is 24.3 Å². The Morgan fingerprint density at radius 1 is 1.10 bits per heavy atom. The van der Waals surface area contributed by atoms with Gasteiger partial charge in [-0.3, -0.25) is 0 Å². The van der Waals surface area contributed by atoms with Crippen LogP contribution in [-0.4, -0.2) is 6.61 Å². The molecule has 0 heterocycles. The summed E-state index contributed by atoms with van der Waals surface area (Å²) in [5, 5.41) is 0. The zero-order chi connectivity index (χ0) is 15.1. The molecule has 1 aromatic rings. The maximum Gasteiger partial charge on any atom is 0.165 e. The Hall–Kier alpha value is -1.05. The first-order valence-electron chi connectivity index (χ1n) is 8.63. The molecule has 1 aromatic carbocycles. The van der Waals surface area contributed by atoms with Gasteiger partial charge in [0.15, 0.2) is 11.6 Å². The van der Waals surface area contributed by atoms with Gasteiger partial charge in [-0.15, -0.1) is 0 Å². The van der Waals surface area contributed by atoms with E-state index in [1.807, 2.05) is 6.07 Å². The van der Waals surface area contributed by atoms with Crippen molar-refractivity contribution < 1.29 is 9.13 Å². The molecule has 0 aliphatic heterocycles. The summed E-state index contributed by atoms with van der Waals surface area (Å²) in [6.07, 6.45) is 9.53. The van der Waals surface area contributed by atoms with Crippen molar-refractivity contribution in [3.63, 3.8) is 0 Å². The molecule has 1 saturated carbocycles. The molecule has 0 bridgehead atoms. The van der Waals surface area contributed by atoms with Gasteiger partial charge in [0, 0.05) is 0 Å². The highest BCUT2D eigenvalue weighted by molar-refractivity contribution is 5.31. The van der Waals surface area contributed by atoms with Crippen LogP contribution in [0.15, 0.2) is 18.2 Å². The second-order valence-electron chi connectivity index (χ2n) is 6.56. The quantitative estimate of drug-likeness (QED) is 0.553. The molecule has 0 amide bonds.